The minimum Gasteiger partial charge on any atom is -0.323 e. The Hall–Kier alpha value is -1.03. The van der Waals surface area contributed by atoms with Crippen molar-refractivity contribution < 1.29 is 0 Å². The van der Waals surface area contributed by atoms with E-state index in [2.05, 4.69) is 4.98 Å². The Morgan fingerprint density at radius 1 is 1.24 bits per heavy atom. The van der Waals surface area contributed by atoms with Gasteiger partial charge in [0, 0.05) is 22.0 Å². The van der Waals surface area contributed by atoms with E-state index in [9.17, 15) is 0 Å². The lowest BCUT2D eigenvalue weighted by molar-refractivity contribution is 0.777. The minimum absolute atomic E-state index is 0.0330. The summed E-state index contributed by atoms with van der Waals surface area (Å²) in [6.45, 7) is 1.92. The molecule has 1 aromatic heterocycles. The van der Waals surface area contributed by atoms with Crippen molar-refractivity contribution in [1.29, 1.82) is 0 Å². The highest BCUT2D eigenvalue weighted by Crippen LogP contribution is 2.32. The molecule has 0 aliphatic carbocycles. The summed E-state index contributed by atoms with van der Waals surface area (Å²) >= 11 is 7.69. The van der Waals surface area contributed by atoms with Gasteiger partial charge < -0.3 is 5.73 Å². The molecular weight excluding hydrogens is 252 g/mol. The molecule has 4 heteroatoms. The van der Waals surface area contributed by atoms with E-state index in [0.717, 1.165) is 20.5 Å². The van der Waals surface area contributed by atoms with Crippen LogP contribution >= 0.6 is 23.4 Å². The van der Waals surface area contributed by atoms with Gasteiger partial charge in [-0.3, -0.25) is 4.98 Å². The zero-order chi connectivity index (χ0) is 12.3. The summed E-state index contributed by atoms with van der Waals surface area (Å²) in [6, 6.07) is 11.7. The molecule has 0 amide bonds. The van der Waals surface area contributed by atoms with Crippen LogP contribution in [0.5, 0.6) is 0 Å². The summed E-state index contributed by atoms with van der Waals surface area (Å²) in [5.74, 6) is 0. The number of nitrogens with zero attached hydrogens (tertiary/aromatic N) is 1. The van der Waals surface area contributed by atoms with Gasteiger partial charge in [0.2, 0.25) is 0 Å². The van der Waals surface area contributed by atoms with Crippen LogP contribution in [0.3, 0.4) is 0 Å². The predicted molar refractivity (Wildman–Crippen MR) is 72.4 cm³/mol. The third-order valence-electron chi connectivity index (χ3n) is 2.29. The number of nitrogens with two attached hydrogens (primary N) is 1. The van der Waals surface area contributed by atoms with Crippen LogP contribution in [0.25, 0.3) is 0 Å². The first-order valence-electron chi connectivity index (χ1n) is 5.31. The smallest absolute Gasteiger partial charge is 0.0569 e. The van der Waals surface area contributed by atoms with Crippen molar-refractivity contribution in [2.75, 3.05) is 0 Å². The maximum Gasteiger partial charge on any atom is 0.0569 e. The maximum absolute atomic E-state index is 6.09. The lowest BCUT2D eigenvalue weighted by atomic mass is 10.2. The summed E-state index contributed by atoms with van der Waals surface area (Å²) in [7, 11) is 0. The molecule has 88 valence electrons. The fourth-order valence-corrected chi connectivity index (χ4v) is 2.43. The number of hydrogen-bond donors (Lipinski definition) is 1. The van der Waals surface area contributed by atoms with Gasteiger partial charge in [-0.1, -0.05) is 35.5 Å². The molecule has 0 spiro atoms. The van der Waals surface area contributed by atoms with E-state index in [0.29, 0.717) is 0 Å². The second kappa shape index (κ2) is 5.54. The minimum atomic E-state index is -0.0330. The Kier molecular flexibility index (Phi) is 4.05. The standard InChI is InChI=1S/C13H13ClN2S/c1-9(15)12-7-6-10(8-16-12)17-13-5-3-2-4-11(13)14/h2-9H,15H2,1H3/t9-/m1/s1. The summed E-state index contributed by atoms with van der Waals surface area (Å²) in [6.07, 6.45) is 1.83. The number of rotatable bonds is 3. The van der Waals surface area contributed by atoms with E-state index in [4.69, 9.17) is 17.3 Å². The van der Waals surface area contributed by atoms with Crippen LogP contribution in [0.1, 0.15) is 18.7 Å². The lowest BCUT2D eigenvalue weighted by Gasteiger charge is -2.06. The molecule has 0 radical (unpaired) electrons. The fraction of sp³-hybridized carbons (Fsp3) is 0.154. The van der Waals surface area contributed by atoms with Crippen molar-refractivity contribution in [2.24, 2.45) is 5.73 Å². The molecule has 17 heavy (non-hydrogen) atoms. The zero-order valence-corrected chi connectivity index (χ0v) is 11.0. The van der Waals surface area contributed by atoms with Crippen LogP contribution in [0.2, 0.25) is 5.02 Å². The molecule has 2 rings (SSSR count). The van der Waals surface area contributed by atoms with Crippen LogP contribution in [0.15, 0.2) is 52.4 Å². The van der Waals surface area contributed by atoms with E-state index in [1.54, 1.807) is 11.8 Å². The Bertz CT molecular complexity index is 497. The molecule has 1 aromatic carbocycles. The first-order chi connectivity index (χ1) is 8.16. The van der Waals surface area contributed by atoms with Gasteiger partial charge in [0.15, 0.2) is 0 Å². The molecule has 2 aromatic rings. The summed E-state index contributed by atoms with van der Waals surface area (Å²) in [5.41, 5.74) is 6.65. The molecule has 0 aliphatic rings. The average Bonchev–Trinajstić information content (AvgIpc) is 2.33. The highest BCUT2D eigenvalue weighted by molar-refractivity contribution is 7.99. The summed E-state index contributed by atoms with van der Waals surface area (Å²) < 4.78 is 0. The van der Waals surface area contributed by atoms with Gasteiger partial charge in [0.25, 0.3) is 0 Å². The van der Waals surface area contributed by atoms with Gasteiger partial charge >= 0.3 is 0 Å². The highest BCUT2D eigenvalue weighted by Gasteiger charge is 2.04. The van der Waals surface area contributed by atoms with Crippen molar-refractivity contribution >= 4 is 23.4 Å². The molecule has 0 saturated carbocycles. The summed E-state index contributed by atoms with van der Waals surface area (Å²) in [4.78, 5) is 6.40. The Labute approximate surface area is 110 Å². The molecule has 0 unspecified atom stereocenters. The molecule has 0 bridgehead atoms. The average molecular weight is 265 g/mol. The van der Waals surface area contributed by atoms with E-state index >= 15 is 0 Å². The lowest BCUT2D eigenvalue weighted by Crippen LogP contribution is -2.06. The van der Waals surface area contributed by atoms with E-state index < -0.39 is 0 Å². The van der Waals surface area contributed by atoms with E-state index in [-0.39, 0.29) is 6.04 Å². The summed E-state index contributed by atoms with van der Waals surface area (Å²) in [5, 5.41) is 0.758. The van der Waals surface area contributed by atoms with Crippen molar-refractivity contribution in [2.45, 2.75) is 22.8 Å². The largest absolute Gasteiger partial charge is 0.323 e. The SMILES string of the molecule is C[C@@H](N)c1ccc(Sc2ccccc2Cl)cn1. The fourth-order valence-electron chi connectivity index (χ4n) is 1.38. The van der Waals surface area contributed by atoms with Gasteiger partial charge in [-0.25, -0.2) is 0 Å². The monoisotopic (exact) mass is 264 g/mol. The van der Waals surface area contributed by atoms with Gasteiger partial charge in [0.1, 0.15) is 0 Å². The van der Waals surface area contributed by atoms with Crippen LogP contribution in [-0.4, -0.2) is 4.98 Å². The van der Waals surface area contributed by atoms with Crippen molar-refractivity contribution in [3.8, 4) is 0 Å². The number of aromatic nitrogens is 1. The number of benzene rings is 1. The molecular formula is C13H13ClN2S. The van der Waals surface area contributed by atoms with Gasteiger partial charge in [0.05, 0.1) is 10.7 Å². The van der Waals surface area contributed by atoms with Gasteiger partial charge in [-0.2, -0.15) is 0 Å². The second-order valence-corrected chi connectivity index (χ2v) is 5.26. The second-order valence-electron chi connectivity index (χ2n) is 3.74. The van der Waals surface area contributed by atoms with Gasteiger partial charge in [-0.05, 0) is 31.2 Å². The molecule has 1 heterocycles. The Balaban J connectivity index is 2.17. The van der Waals surface area contributed by atoms with E-state index in [1.807, 2.05) is 49.5 Å². The quantitative estimate of drug-likeness (QED) is 0.914. The van der Waals surface area contributed by atoms with Crippen LogP contribution in [0, 0.1) is 0 Å². The molecule has 0 fully saturated rings. The van der Waals surface area contributed by atoms with E-state index in [1.165, 1.54) is 0 Å². The zero-order valence-electron chi connectivity index (χ0n) is 9.43. The first kappa shape index (κ1) is 12.4. The Morgan fingerprint density at radius 3 is 2.59 bits per heavy atom. The van der Waals surface area contributed by atoms with Crippen molar-refractivity contribution in [1.82, 2.24) is 4.98 Å². The molecule has 2 nitrogen and oxygen atoms in total. The molecule has 0 aliphatic heterocycles. The number of halogens is 1. The van der Waals surface area contributed by atoms with Crippen LogP contribution in [0.4, 0.5) is 0 Å². The number of hydrogen-bond acceptors (Lipinski definition) is 3. The highest BCUT2D eigenvalue weighted by atomic mass is 35.5. The third-order valence-corrected chi connectivity index (χ3v) is 3.78. The van der Waals surface area contributed by atoms with Crippen LogP contribution in [-0.2, 0) is 0 Å². The normalized spacial score (nSPS) is 12.4. The van der Waals surface area contributed by atoms with Crippen molar-refractivity contribution in [3.63, 3.8) is 0 Å². The predicted octanol–water partition coefficient (Wildman–Crippen LogP) is 3.91. The molecule has 2 N–H and O–H groups in total. The van der Waals surface area contributed by atoms with Crippen molar-refractivity contribution in [3.05, 3.63) is 53.3 Å². The third kappa shape index (κ3) is 3.22. The topological polar surface area (TPSA) is 38.9 Å². The number of pyridine rings is 1. The molecule has 1 atom stereocenters. The molecule has 0 saturated heterocycles. The first-order valence-corrected chi connectivity index (χ1v) is 6.50. The maximum atomic E-state index is 6.09. The van der Waals surface area contributed by atoms with Gasteiger partial charge in [-0.15, -0.1) is 0 Å². The Morgan fingerprint density at radius 2 is 2.00 bits per heavy atom. The van der Waals surface area contributed by atoms with Crippen LogP contribution < -0.4 is 5.73 Å².